The zero-order valence-corrected chi connectivity index (χ0v) is 17.5. The Bertz CT molecular complexity index is 1000. The molecule has 1 aromatic heterocycles. The van der Waals surface area contributed by atoms with Gasteiger partial charge in [-0.3, -0.25) is 14.4 Å². The molecule has 1 spiro atoms. The first kappa shape index (κ1) is 20.2. The van der Waals surface area contributed by atoms with E-state index in [1.54, 1.807) is 37.4 Å². The predicted octanol–water partition coefficient (Wildman–Crippen LogP) is 2.05. The topological polar surface area (TPSA) is 71.8 Å². The molecule has 7 heteroatoms. The minimum Gasteiger partial charge on any atom is -0.497 e. The summed E-state index contributed by atoms with van der Waals surface area (Å²) in [7, 11) is 3.28. The molecule has 0 saturated carbocycles. The second-order valence-electron chi connectivity index (χ2n) is 8.40. The largest absolute Gasteiger partial charge is 0.497 e. The lowest BCUT2D eigenvalue weighted by molar-refractivity contribution is -0.128. The number of methoxy groups -OCH3 is 1. The molecule has 2 aromatic rings. The van der Waals surface area contributed by atoms with Crippen molar-refractivity contribution >= 4 is 11.8 Å². The third-order valence-electron chi connectivity index (χ3n) is 6.40. The molecule has 2 fully saturated rings. The summed E-state index contributed by atoms with van der Waals surface area (Å²) in [6, 6.07) is 11.1. The summed E-state index contributed by atoms with van der Waals surface area (Å²) in [5.74, 6) is 0.751. The molecule has 0 unspecified atom stereocenters. The van der Waals surface area contributed by atoms with Gasteiger partial charge in [-0.1, -0.05) is 12.1 Å². The molecule has 0 bridgehead atoms. The van der Waals surface area contributed by atoms with Crippen LogP contribution in [0, 0.1) is 5.41 Å². The smallest absolute Gasteiger partial charge is 0.263 e. The molecule has 2 amide bonds. The van der Waals surface area contributed by atoms with Crippen molar-refractivity contribution in [3.05, 3.63) is 64.1 Å². The summed E-state index contributed by atoms with van der Waals surface area (Å²) in [6.45, 7) is 2.45. The van der Waals surface area contributed by atoms with E-state index in [1.165, 1.54) is 4.57 Å². The number of pyridine rings is 1. The Balaban J connectivity index is 1.39. The Hall–Kier alpha value is -3.09. The molecule has 1 aromatic carbocycles. The number of carbonyl (C=O) groups is 2. The van der Waals surface area contributed by atoms with Gasteiger partial charge in [0.2, 0.25) is 5.91 Å². The first-order valence-electron chi connectivity index (χ1n) is 10.3. The molecule has 2 aliphatic rings. The van der Waals surface area contributed by atoms with Crippen molar-refractivity contribution in [3.63, 3.8) is 0 Å². The van der Waals surface area contributed by atoms with E-state index in [0.717, 1.165) is 24.2 Å². The van der Waals surface area contributed by atoms with Gasteiger partial charge in [-0.15, -0.1) is 0 Å². The maximum atomic E-state index is 12.8. The average molecular weight is 409 g/mol. The van der Waals surface area contributed by atoms with Crippen LogP contribution < -0.4 is 10.3 Å². The van der Waals surface area contributed by atoms with Crippen molar-refractivity contribution in [1.82, 2.24) is 14.4 Å². The third-order valence-corrected chi connectivity index (χ3v) is 6.40. The van der Waals surface area contributed by atoms with E-state index in [9.17, 15) is 14.4 Å². The number of likely N-dealkylation sites (tertiary alicyclic amines) is 2. The van der Waals surface area contributed by atoms with Crippen LogP contribution in [0.5, 0.6) is 5.75 Å². The molecular weight excluding hydrogens is 382 g/mol. The molecule has 4 rings (SSSR count). The number of rotatable bonds is 4. The Morgan fingerprint density at radius 1 is 1.10 bits per heavy atom. The van der Waals surface area contributed by atoms with Crippen molar-refractivity contribution in [2.75, 3.05) is 26.7 Å². The Morgan fingerprint density at radius 2 is 1.80 bits per heavy atom. The van der Waals surface area contributed by atoms with E-state index in [1.807, 2.05) is 29.2 Å². The van der Waals surface area contributed by atoms with Gasteiger partial charge in [0.1, 0.15) is 11.3 Å². The maximum absolute atomic E-state index is 12.8. The van der Waals surface area contributed by atoms with Gasteiger partial charge >= 0.3 is 0 Å². The fraction of sp³-hybridized carbons (Fsp3) is 0.435. The molecule has 0 radical (unpaired) electrons. The fourth-order valence-electron chi connectivity index (χ4n) is 4.53. The number of carbonyl (C=O) groups excluding carboxylic acids is 2. The van der Waals surface area contributed by atoms with Crippen LogP contribution in [0.25, 0.3) is 0 Å². The quantitative estimate of drug-likeness (QED) is 0.775. The second-order valence-corrected chi connectivity index (χ2v) is 8.40. The van der Waals surface area contributed by atoms with Gasteiger partial charge in [0, 0.05) is 51.3 Å². The average Bonchev–Trinajstić information content (AvgIpc) is 3.05. The number of amides is 2. The van der Waals surface area contributed by atoms with E-state index >= 15 is 0 Å². The lowest BCUT2D eigenvalue weighted by Gasteiger charge is -2.38. The van der Waals surface area contributed by atoms with E-state index in [-0.39, 0.29) is 28.4 Å². The lowest BCUT2D eigenvalue weighted by atomic mass is 9.77. The number of aryl methyl sites for hydroxylation is 1. The molecule has 30 heavy (non-hydrogen) atoms. The minimum absolute atomic E-state index is 0.0814. The number of hydrogen-bond donors (Lipinski definition) is 0. The molecule has 7 nitrogen and oxygen atoms in total. The molecule has 0 atom stereocenters. The summed E-state index contributed by atoms with van der Waals surface area (Å²) < 4.78 is 6.61. The minimum atomic E-state index is -0.274. The van der Waals surface area contributed by atoms with Gasteiger partial charge in [-0.25, -0.2) is 0 Å². The zero-order chi connectivity index (χ0) is 21.3. The normalized spacial score (nSPS) is 18.1. The maximum Gasteiger partial charge on any atom is 0.263 e. The number of aromatic nitrogens is 1. The Labute approximate surface area is 175 Å². The van der Waals surface area contributed by atoms with Crippen molar-refractivity contribution in [3.8, 4) is 5.75 Å². The Morgan fingerprint density at radius 3 is 2.47 bits per heavy atom. The highest BCUT2D eigenvalue weighted by atomic mass is 16.5. The summed E-state index contributed by atoms with van der Waals surface area (Å²) >= 11 is 0. The van der Waals surface area contributed by atoms with E-state index in [4.69, 9.17) is 4.74 Å². The number of hydrogen-bond acceptors (Lipinski definition) is 4. The molecule has 0 N–H and O–H groups in total. The summed E-state index contributed by atoms with van der Waals surface area (Å²) in [5.41, 5.74) is 0.930. The van der Waals surface area contributed by atoms with Crippen LogP contribution in [0.4, 0.5) is 0 Å². The van der Waals surface area contributed by atoms with E-state index in [0.29, 0.717) is 32.6 Å². The number of nitrogens with zero attached hydrogens (tertiary/aromatic N) is 3. The van der Waals surface area contributed by atoms with Gasteiger partial charge < -0.3 is 19.1 Å². The lowest BCUT2D eigenvalue weighted by Crippen LogP contribution is -2.45. The molecular formula is C23H27N3O4. The summed E-state index contributed by atoms with van der Waals surface area (Å²) in [5, 5.41) is 0. The number of piperidine rings is 1. The molecule has 2 saturated heterocycles. The standard InChI is InChI=1S/C23H27N3O4/c1-24-11-3-4-19(21(24)28)22(29)25-12-9-23(10-13-25)14-20(27)26(16-23)15-17-5-7-18(30-2)8-6-17/h3-8,11H,9-10,12-16H2,1-2H3. The van der Waals surface area contributed by atoms with Gasteiger partial charge in [0.25, 0.3) is 11.5 Å². The van der Waals surface area contributed by atoms with Gasteiger partial charge in [0.15, 0.2) is 0 Å². The van der Waals surface area contributed by atoms with Gasteiger partial charge in [-0.2, -0.15) is 0 Å². The molecule has 158 valence electrons. The number of benzene rings is 1. The summed E-state index contributed by atoms with van der Waals surface area (Å²) in [6.07, 6.45) is 3.72. The van der Waals surface area contributed by atoms with Crippen LogP contribution in [-0.4, -0.2) is 52.9 Å². The van der Waals surface area contributed by atoms with E-state index < -0.39 is 0 Å². The fourth-order valence-corrected chi connectivity index (χ4v) is 4.53. The van der Waals surface area contributed by atoms with Crippen molar-refractivity contribution < 1.29 is 14.3 Å². The number of ether oxygens (including phenoxy) is 1. The first-order chi connectivity index (χ1) is 14.4. The highest BCUT2D eigenvalue weighted by Crippen LogP contribution is 2.41. The Kier molecular flexibility index (Phi) is 5.37. The monoisotopic (exact) mass is 409 g/mol. The van der Waals surface area contributed by atoms with E-state index in [2.05, 4.69) is 0 Å². The summed E-state index contributed by atoms with van der Waals surface area (Å²) in [4.78, 5) is 41.4. The van der Waals surface area contributed by atoms with Crippen molar-refractivity contribution in [1.29, 1.82) is 0 Å². The van der Waals surface area contributed by atoms with Gasteiger partial charge in [-0.05, 0) is 42.7 Å². The highest BCUT2D eigenvalue weighted by Gasteiger charge is 2.45. The first-order valence-corrected chi connectivity index (χ1v) is 10.3. The van der Waals surface area contributed by atoms with Crippen LogP contribution >= 0.6 is 0 Å². The molecule has 3 heterocycles. The van der Waals surface area contributed by atoms with Crippen molar-refractivity contribution in [2.45, 2.75) is 25.8 Å². The van der Waals surface area contributed by atoms with Crippen LogP contribution in [0.3, 0.4) is 0 Å². The third kappa shape index (κ3) is 3.84. The van der Waals surface area contributed by atoms with Crippen LogP contribution in [0.1, 0.15) is 35.2 Å². The SMILES string of the molecule is COc1ccc(CN2CC3(CCN(C(=O)c4cccn(C)c4=O)CC3)CC2=O)cc1. The van der Waals surface area contributed by atoms with Crippen LogP contribution in [0.15, 0.2) is 47.4 Å². The highest BCUT2D eigenvalue weighted by molar-refractivity contribution is 5.94. The molecule has 2 aliphatic heterocycles. The van der Waals surface area contributed by atoms with Crippen LogP contribution in [-0.2, 0) is 18.4 Å². The van der Waals surface area contributed by atoms with Gasteiger partial charge in [0.05, 0.1) is 7.11 Å². The second kappa shape index (κ2) is 7.97. The van der Waals surface area contributed by atoms with Crippen LogP contribution in [0.2, 0.25) is 0 Å². The predicted molar refractivity (Wildman–Crippen MR) is 112 cm³/mol. The van der Waals surface area contributed by atoms with Crippen molar-refractivity contribution in [2.24, 2.45) is 12.5 Å². The molecule has 0 aliphatic carbocycles. The zero-order valence-electron chi connectivity index (χ0n) is 17.5.